The van der Waals surface area contributed by atoms with Gasteiger partial charge in [-0.1, -0.05) is 30.3 Å². The van der Waals surface area contributed by atoms with Crippen LogP contribution in [0.1, 0.15) is 20.8 Å². The number of nitrogens with zero attached hydrogens (tertiary/aromatic N) is 2. The van der Waals surface area contributed by atoms with Gasteiger partial charge >= 0.3 is 0 Å². The summed E-state index contributed by atoms with van der Waals surface area (Å²) >= 11 is 1.45. The summed E-state index contributed by atoms with van der Waals surface area (Å²) in [5, 5.41) is 9.09. The van der Waals surface area contributed by atoms with Crippen LogP contribution in [0.3, 0.4) is 0 Å². The molecule has 1 aromatic carbocycles. The molecule has 5 heteroatoms. The first-order valence-electron chi connectivity index (χ1n) is 6.69. The molecule has 106 valence electrons. The third kappa shape index (κ3) is 3.38. The number of aromatic nitrogens is 2. The molecule has 3 aromatic rings. The van der Waals surface area contributed by atoms with Gasteiger partial charge in [-0.2, -0.15) is 5.10 Å². The molecule has 0 spiro atoms. The molecule has 1 N–H and O–H groups in total. The molecular weight excluding hydrogens is 282 g/mol. The van der Waals surface area contributed by atoms with Gasteiger partial charge in [0.1, 0.15) is 0 Å². The number of carbonyl (C=O) groups excluding carboxylic acids is 1. The van der Waals surface area contributed by atoms with E-state index in [0.29, 0.717) is 13.1 Å². The van der Waals surface area contributed by atoms with Crippen LogP contribution < -0.4 is 5.32 Å². The fraction of sp³-hybridized carbons (Fsp3) is 0.125. The van der Waals surface area contributed by atoms with Crippen LogP contribution in [0.4, 0.5) is 0 Å². The summed E-state index contributed by atoms with van der Waals surface area (Å²) in [5.74, 6) is -0.0288. The van der Waals surface area contributed by atoms with Crippen molar-refractivity contribution in [1.82, 2.24) is 15.1 Å². The first-order valence-corrected chi connectivity index (χ1v) is 7.57. The third-order valence-electron chi connectivity index (χ3n) is 3.19. The Hall–Kier alpha value is -2.40. The molecule has 0 aliphatic rings. The fourth-order valence-corrected chi connectivity index (χ4v) is 2.76. The number of hydrogen-bond acceptors (Lipinski definition) is 3. The Morgan fingerprint density at radius 1 is 1.14 bits per heavy atom. The molecule has 0 fully saturated rings. The van der Waals surface area contributed by atoms with Crippen LogP contribution in [0.25, 0.3) is 0 Å². The minimum Gasteiger partial charge on any atom is -0.347 e. The Morgan fingerprint density at radius 2 is 2.00 bits per heavy atom. The Balaban J connectivity index is 1.69. The minimum absolute atomic E-state index is 0.0288. The van der Waals surface area contributed by atoms with E-state index in [-0.39, 0.29) is 5.91 Å². The van der Waals surface area contributed by atoms with Crippen molar-refractivity contribution in [1.29, 1.82) is 0 Å². The lowest BCUT2D eigenvalue weighted by Crippen LogP contribution is -2.22. The number of thiophene rings is 1. The predicted molar refractivity (Wildman–Crippen MR) is 83.3 cm³/mol. The summed E-state index contributed by atoms with van der Waals surface area (Å²) in [4.78, 5) is 12.7. The van der Waals surface area contributed by atoms with Crippen LogP contribution in [-0.4, -0.2) is 15.7 Å². The van der Waals surface area contributed by atoms with Gasteiger partial charge in [-0.25, -0.2) is 0 Å². The average Bonchev–Trinajstić information content (AvgIpc) is 3.19. The van der Waals surface area contributed by atoms with E-state index >= 15 is 0 Å². The van der Waals surface area contributed by atoms with Gasteiger partial charge in [0, 0.05) is 18.9 Å². The van der Waals surface area contributed by atoms with Crippen LogP contribution in [0.15, 0.2) is 60.2 Å². The van der Waals surface area contributed by atoms with Crippen molar-refractivity contribution in [3.8, 4) is 0 Å². The normalized spacial score (nSPS) is 10.5. The topological polar surface area (TPSA) is 46.9 Å². The summed E-state index contributed by atoms with van der Waals surface area (Å²) in [6, 6.07) is 13.7. The second kappa shape index (κ2) is 6.37. The lowest BCUT2D eigenvalue weighted by Gasteiger charge is -2.10. The highest BCUT2D eigenvalue weighted by Gasteiger charge is 2.08. The molecule has 0 aliphatic heterocycles. The maximum atomic E-state index is 12.0. The summed E-state index contributed by atoms with van der Waals surface area (Å²) in [6.45, 7) is 1.23. The second-order valence-corrected chi connectivity index (χ2v) is 5.58. The van der Waals surface area contributed by atoms with Gasteiger partial charge < -0.3 is 5.32 Å². The Morgan fingerprint density at radius 3 is 2.71 bits per heavy atom. The van der Waals surface area contributed by atoms with Gasteiger partial charge in [0.15, 0.2) is 0 Å². The molecule has 0 aliphatic carbocycles. The fourth-order valence-electron chi connectivity index (χ4n) is 2.12. The van der Waals surface area contributed by atoms with Crippen LogP contribution in [0, 0.1) is 0 Å². The van der Waals surface area contributed by atoms with Crippen LogP contribution in [-0.2, 0) is 13.1 Å². The molecule has 2 heterocycles. The van der Waals surface area contributed by atoms with Gasteiger partial charge in [-0.05, 0) is 28.6 Å². The maximum absolute atomic E-state index is 12.0. The average molecular weight is 297 g/mol. The number of hydrogen-bond donors (Lipinski definition) is 1. The molecule has 0 unspecified atom stereocenters. The first kappa shape index (κ1) is 13.6. The van der Waals surface area contributed by atoms with Crippen molar-refractivity contribution in [2.45, 2.75) is 13.1 Å². The first-order chi connectivity index (χ1) is 10.3. The zero-order valence-corrected chi connectivity index (χ0v) is 12.2. The Kier molecular flexibility index (Phi) is 4.12. The SMILES string of the molecule is O=C(NCc1ccccc1Cn1cccn1)c1cccs1. The molecular formula is C16H15N3OS. The highest BCUT2D eigenvalue weighted by Crippen LogP contribution is 2.12. The number of rotatable bonds is 5. The van der Waals surface area contributed by atoms with Crippen molar-refractivity contribution >= 4 is 17.2 Å². The van der Waals surface area contributed by atoms with Crippen molar-refractivity contribution in [2.75, 3.05) is 0 Å². The number of amides is 1. The monoisotopic (exact) mass is 297 g/mol. The lowest BCUT2D eigenvalue weighted by molar-refractivity contribution is 0.0955. The molecule has 21 heavy (non-hydrogen) atoms. The predicted octanol–water partition coefficient (Wildman–Crippen LogP) is 2.92. The largest absolute Gasteiger partial charge is 0.347 e. The van der Waals surface area contributed by atoms with E-state index < -0.39 is 0 Å². The van der Waals surface area contributed by atoms with E-state index in [4.69, 9.17) is 0 Å². The molecule has 0 bridgehead atoms. The highest BCUT2D eigenvalue weighted by atomic mass is 32.1. The van der Waals surface area contributed by atoms with Gasteiger partial charge in [0.25, 0.3) is 5.91 Å². The van der Waals surface area contributed by atoms with Gasteiger partial charge in [-0.15, -0.1) is 11.3 Å². The Labute approximate surface area is 127 Å². The summed E-state index contributed by atoms with van der Waals surface area (Å²) < 4.78 is 1.87. The van der Waals surface area contributed by atoms with E-state index in [1.54, 1.807) is 6.20 Å². The third-order valence-corrected chi connectivity index (χ3v) is 4.06. The molecule has 0 saturated carbocycles. The van der Waals surface area contributed by atoms with Crippen molar-refractivity contribution < 1.29 is 4.79 Å². The van der Waals surface area contributed by atoms with Gasteiger partial charge in [0.2, 0.25) is 0 Å². The van der Waals surface area contributed by atoms with Gasteiger partial charge in [-0.3, -0.25) is 9.48 Å². The molecule has 0 radical (unpaired) electrons. The zero-order chi connectivity index (χ0) is 14.5. The zero-order valence-electron chi connectivity index (χ0n) is 11.4. The standard InChI is InChI=1S/C16H15N3OS/c20-16(15-7-3-10-21-15)17-11-13-5-1-2-6-14(13)12-19-9-4-8-18-19/h1-10H,11-12H2,(H,17,20). The van der Waals surface area contributed by atoms with Crippen LogP contribution >= 0.6 is 11.3 Å². The quantitative estimate of drug-likeness (QED) is 0.787. The van der Waals surface area contributed by atoms with E-state index in [1.807, 2.05) is 52.7 Å². The van der Waals surface area contributed by atoms with Crippen molar-refractivity contribution in [3.63, 3.8) is 0 Å². The summed E-state index contributed by atoms with van der Waals surface area (Å²) in [7, 11) is 0. The van der Waals surface area contributed by atoms with E-state index in [0.717, 1.165) is 16.0 Å². The molecule has 0 atom stereocenters. The molecule has 1 amide bonds. The number of carbonyl (C=O) groups is 1. The minimum atomic E-state index is -0.0288. The van der Waals surface area contributed by atoms with E-state index in [1.165, 1.54) is 11.3 Å². The molecule has 0 saturated heterocycles. The molecule has 4 nitrogen and oxygen atoms in total. The highest BCUT2D eigenvalue weighted by molar-refractivity contribution is 7.12. The van der Waals surface area contributed by atoms with Crippen molar-refractivity contribution in [3.05, 3.63) is 76.2 Å². The van der Waals surface area contributed by atoms with Gasteiger partial charge in [0.05, 0.1) is 11.4 Å². The molecule has 3 rings (SSSR count). The maximum Gasteiger partial charge on any atom is 0.261 e. The summed E-state index contributed by atoms with van der Waals surface area (Å²) in [6.07, 6.45) is 3.70. The van der Waals surface area contributed by atoms with E-state index in [9.17, 15) is 4.79 Å². The smallest absolute Gasteiger partial charge is 0.261 e. The van der Waals surface area contributed by atoms with Crippen LogP contribution in [0.5, 0.6) is 0 Å². The Bertz CT molecular complexity index is 705. The number of nitrogens with one attached hydrogen (secondary N) is 1. The van der Waals surface area contributed by atoms with Crippen molar-refractivity contribution in [2.24, 2.45) is 0 Å². The number of benzene rings is 1. The van der Waals surface area contributed by atoms with E-state index in [2.05, 4.69) is 16.5 Å². The summed E-state index contributed by atoms with van der Waals surface area (Å²) in [5.41, 5.74) is 2.27. The molecule has 2 aromatic heterocycles. The van der Waals surface area contributed by atoms with Crippen LogP contribution in [0.2, 0.25) is 0 Å². The lowest BCUT2D eigenvalue weighted by atomic mass is 10.1. The second-order valence-electron chi connectivity index (χ2n) is 4.63.